The lowest BCUT2D eigenvalue weighted by Gasteiger charge is -2.11. The van der Waals surface area contributed by atoms with E-state index in [4.69, 9.17) is 31.3 Å². The molecule has 0 spiro atoms. The highest BCUT2D eigenvalue weighted by Crippen LogP contribution is 2.25. The number of hydrogen-bond donors (Lipinski definition) is 2. The van der Waals surface area contributed by atoms with Crippen LogP contribution in [0.4, 0.5) is 0 Å². The summed E-state index contributed by atoms with van der Waals surface area (Å²) in [5.74, 6) is 0.763. The lowest BCUT2D eigenvalue weighted by Crippen LogP contribution is -2.22. The smallest absolute Gasteiger partial charge is 0.344 e. The van der Waals surface area contributed by atoms with Crippen molar-refractivity contribution in [2.45, 2.75) is 13.0 Å². The zero-order valence-corrected chi connectivity index (χ0v) is 15.8. The number of aliphatic hydroxyl groups is 1. The molecule has 0 heterocycles. The van der Waals surface area contributed by atoms with Crippen molar-refractivity contribution < 1.29 is 24.5 Å². The molecule has 0 saturated heterocycles. The van der Waals surface area contributed by atoms with E-state index >= 15 is 0 Å². The first-order chi connectivity index (χ1) is 12.3. The fourth-order valence-electron chi connectivity index (χ4n) is 1.68. The summed E-state index contributed by atoms with van der Waals surface area (Å²) in [6.07, 6.45) is -0.891. The first-order valence-corrected chi connectivity index (χ1v) is 8.38. The van der Waals surface area contributed by atoms with Gasteiger partial charge in [-0.05, 0) is 69.6 Å². The van der Waals surface area contributed by atoms with Crippen molar-refractivity contribution in [3.05, 3.63) is 53.6 Å². The van der Waals surface area contributed by atoms with Crippen LogP contribution in [0.2, 0.25) is 5.02 Å². The fraction of sp³-hybridized carbons (Fsp3) is 0.316. The van der Waals surface area contributed by atoms with Crippen LogP contribution in [-0.2, 0) is 4.79 Å². The van der Waals surface area contributed by atoms with Crippen LogP contribution in [0.5, 0.6) is 17.2 Å². The summed E-state index contributed by atoms with van der Waals surface area (Å²) in [4.78, 5) is 12.6. The van der Waals surface area contributed by atoms with E-state index in [1.165, 1.54) is 6.92 Å². The van der Waals surface area contributed by atoms with Crippen molar-refractivity contribution in [1.29, 1.82) is 0 Å². The normalized spacial score (nSPS) is 11.3. The molecule has 2 aromatic rings. The molecule has 7 heteroatoms. The van der Waals surface area contributed by atoms with Gasteiger partial charge in [-0.3, -0.25) is 0 Å². The molecule has 1 atom stereocenters. The summed E-state index contributed by atoms with van der Waals surface area (Å²) in [5.41, 5.74) is 0. The molecule has 0 aliphatic heterocycles. The molecule has 26 heavy (non-hydrogen) atoms. The number of rotatable bonds is 7. The Balaban J connectivity index is 0.000000487. The topological polar surface area (TPSA) is 79.2 Å². The van der Waals surface area contributed by atoms with Crippen LogP contribution < -0.4 is 9.47 Å². The molecule has 0 aromatic heterocycles. The number of ether oxygens (including phenoxy) is 2. The van der Waals surface area contributed by atoms with Crippen molar-refractivity contribution in [3.8, 4) is 17.2 Å². The second-order valence-corrected chi connectivity index (χ2v) is 6.09. The summed E-state index contributed by atoms with van der Waals surface area (Å²) in [7, 11) is 3.85. The predicted octanol–water partition coefficient (Wildman–Crippen LogP) is 3.52. The molecule has 2 N–H and O–H groups in total. The standard InChI is InChI=1S/C15H13ClO4.C4H11NO/c1-10(15(17)18)19-12-6-8-14(9-7-12)20-13-4-2-11(16)3-5-13;1-5(2)3-4-6/h2-10H,1H3,(H,17,18);6H,3-4H2,1-2H3. The number of carboxylic acid groups (broad SMARTS) is 1. The Bertz CT molecular complexity index is 659. The molecular weight excluding hydrogens is 358 g/mol. The van der Waals surface area contributed by atoms with Gasteiger partial charge in [0.15, 0.2) is 6.10 Å². The lowest BCUT2D eigenvalue weighted by atomic mass is 10.3. The monoisotopic (exact) mass is 381 g/mol. The van der Waals surface area contributed by atoms with Gasteiger partial charge in [0.25, 0.3) is 0 Å². The van der Waals surface area contributed by atoms with E-state index in [2.05, 4.69) is 0 Å². The number of carboxylic acids is 1. The summed E-state index contributed by atoms with van der Waals surface area (Å²) in [6.45, 7) is 2.49. The van der Waals surface area contributed by atoms with Crippen molar-refractivity contribution in [2.75, 3.05) is 27.2 Å². The number of benzene rings is 2. The molecule has 6 nitrogen and oxygen atoms in total. The fourth-order valence-corrected chi connectivity index (χ4v) is 1.81. The van der Waals surface area contributed by atoms with Crippen LogP contribution in [0.15, 0.2) is 48.5 Å². The number of aliphatic carboxylic acids is 1. The van der Waals surface area contributed by atoms with Crippen molar-refractivity contribution in [1.82, 2.24) is 4.90 Å². The van der Waals surface area contributed by atoms with E-state index in [1.807, 2.05) is 19.0 Å². The first-order valence-electron chi connectivity index (χ1n) is 8.00. The molecule has 0 aliphatic rings. The predicted molar refractivity (Wildman–Crippen MR) is 101 cm³/mol. The van der Waals surface area contributed by atoms with Crippen molar-refractivity contribution in [3.63, 3.8) is 0 Å². The van der Waals surface area contributed by atoms with Crippen molar-refractivity contribution >= 4 is 17.6 Å². The minimum atomic E-state index is -1.01. The highest BCUT2D eigenvalue weighted by atomic mass is 35.5. The van der Waals surface area contributed by atoms with Crippen LogP contribution in [-0.4, -0.2) is 54.4 Å². The van der Waals surface area contributed by atoms with Gasteiger partial charge in [0, 0.05) is 11.6 Å². The van der Waals surface area contributed by atoms with Gasteiger partial charge in [0.2, 0.25) is 0 Å². The van der Waals surface area contributed by atoms with Gasteiger partial charge in [-0.15, -0.1) is 0 Å². The number of likely N-dealkylation sites (N-methyl/N-ethyl adjacent to an activating group) is 1. The van der Waals surface area contributed by atoms with E-state index in [0.717, 1.165) is 6.54 Å². The third kappa shape index (κ3) is 8.71. The Kier molecular flexibility index (Phi) is 9.51. The maximum absolute atomic E-state index is 10.7. The van der Waals surface area contributed by atoms with E-state index in [-0.39, 0.29) is 6.61 Å². The third-order valence-electron chi connectivity index (χ3n) is 3.08. The quantitative estimate of drug-likeness (QED) is 0.763. The van der Waals surface area contributed by atoms with Crippen LogP contribution in [0.25, 0.3) is 0 Å². The number of nitrogens with zero attached hydrogens (tertiary/aromatic N) is 1. The Hall–Kier alpha value is -2.28. The highest BCUT2D eigenvalue weighted by molar-refractivity contribution is 6.30. The Morgan fingerprint density at radius 3 is 1.88 bits per heavy atom. The summed E-state index contributed by atoms with van der Waals surface area (Å²) >= 11 is 5.79. The van der Waals surface area contributed by atoms with Gasteiger partial charge in [-0.25, -0.2) is 4.79 Å². The van der Waals surface area contributed by atoms with E-state index in [9.17, 15) is 4.79 Å². The summed E-state index contributed by atoms with van der Waals surface area (Å²) < 4.78 is 10.8. The molecule has 142 valence electrons. The average Bonchev–Trinajstić information content (AvgIpc) is 2.59. The van der Waals surface area contributed by atoms with E-state index in [0.29, 0.717) is 22.3 Å². The third-order valence-corrected chi connectivity index (χ3v) is 3.33. The van der Waals surface area contributed by atoms with Crippen LogP contribution in [0, 0.1) is 0 Å². The highest BCUT2D eigenvalue weighted by Gasteiger charge is 2.12. The largest absolute Gasteiger partial charge is 0.479 e. The van der Waals surface area contributed by atoms with Crippen LogP contribution >= 0.6 is 11.6 Å². The van der Waals surface area contributed by atoms with E-state index < -0.39 is 12.1 Å². The molecule has 0 saturated carbocycles. The maximum Gasteiger partial charge on any atom is 0.344 e. The second kappa shape index (κ2) is 11.4. The van der Waals surface area contributed by atoms with Gasteiger partial charge in [0.05, 0.1) is 6.61 Å². The molecule has 2 aromatic carbocycles. The van der Waals surface area contributed by atoms with Crippen LogP contribution in [0.1, 0.15) is 6.92 Å². The zero-order chi connectivity index (χ0) is 19.5. The number of carbonyl (C=O) groups is 1. The molecule has 0 radical (unpaired) electrons. The van der Waals surface area contributed by atoms with Gasteiger partial charge >= 0.3 is 5.97 Å². The first kappa shape index (κ1) is 21.8. The molecule has 0 aliphatic carbocycles. The van der Waals surface area contributed by atoms with Crippen molar-refractivity contribution in [2.24, 2.45) is 0 Å². The van der Waals surface area contributed by atoms with E-state index in [1.54, 1.807) is 48.5 Å². The summed E-state index contributed by atoms with van der Waals surface area (Å²) in [5, 5.41) is 17.6. The number of hydrogen-bond acceptors (Lipinski definition) is 5. The zero-order valence-electron chi connectivity index (χ0n) is 15.1. The average molecular weight is 382 g/mol. The number of aliphatic hydroxyl groups excluding tert-OH is 1. The minimum absolute atomic E-state index is 0.257. The summed E-state index contributed by atoms with van der Waals surface area (Å²) in [6, 6.07) is 13.7. The van der Waals surface area contributed by atoms with Gasteiger partial charge in [-0.1, -0.05) is 11.6 Å². The minimum Gasteiger partial charge on any atom is -0.479 e. The Morgan fingerprint density at radius 1 is 1.04 bits per heavy atom. The maximum atomic E-state index is 10.7. The van der Waals surface area contributed by atoms with Gasteiger partial charge < -0.3 is 24.6 Å². The number of halogens is 1. The SMILES string of the molecule is CC(Oc1ccc(Oc2ccc(Cl)cc2)cc1)C(=O)O.CN(C)CCO. The molecular formula is C19H24ClNO5. The van der Waals surface area contributed by atoms with Crippen LogP contribution in [0.3, 0.4) is 0 Å². The molecule has 1 unspecified atom stereocenters. The Morgan fingerprint density at radius 2 is 1.50 bits per heavy atom. The second-order valence-electron chi connectivity index (χ2n) is 5.65. The van der Waals surface area contributed by atoms with Gasteiger partial charge in [0.1, 0.15) is 17.2 Å². The molecule has 0 amide bonds. The molecule has 0 bridgehead atoms. The molecule has 0 fully saturated rings. The van der Waals surface area contributed by atoms with Gasteiger partial charge in [-0.2, -0.15) is 0 Å². The molecule has 2 rings (SSSR count). The lowest BCUT2D eigenvalue weighted by molar-refractivity contribution is -0.144. The Labute approximate surface area is 158 Å².